The van der Waals surface area contributed by atoms with Crippen molar-refractivity contribution in [2.24, 2.45) is 0 Å². The summed E-state index contributed by atoms with van der Waals surface area (Å²) in [4.78, 5) is 12.0. The number of rotatable bonds is 7. The summed E-state index contributed by atoms with van der Waals surface area (Å²) in [6.45, 7) is 1.30. The summed E-state index contributed by atoms with van der Waals surface area (Å²) in [5.41, 5.74) is 1.20. The van der Waals surface area contributed by atoms with Gasteiger partial charge in [-0.2, -0.15) is 0 Å². The van der Waals surface area contributed by atoms with Gasteiger partial charge in [-0.15, -0.1) is 10.2 Å². The molecule has 0 unspecified atom stereocenters. The van der Waals surface area contributed by atoms with Crippen molar-refractivity contribution in [2.75, 3.05) is 25.6 Å². The fourth-order valence-corrected chi connectivity index (χ4v) is 4.63. The van der Waals surface area contributed by atoms with E-state index in [1.807, 2.05) is 24.3 Å². The van der Waals surface area contributed by atoms with Gasteiger partial charge in [0, 0.05) is 30.9 Å². The van der Waals surface area contributed by atoms with Crippen LogP contribution in [0.4, 0.5) is 5.13 Å². The van der Waals surface area contributed by atoms with Crippen LogP contribution in [0.25, 0.3) is 21.7 Å². The highest BCUT2D eigenvalue weighted by Crippen LogP contribution is 2.33. The average Bonchev–Trinajstić information content (AvgIpc) is 3.13. The molecule has 2 heterocycles. The van der Waals surface area contributed by atoms with Crippen molar-refractivity contribution in [3.8, 4) is 0 Å². The third-order valence-corrected chi connectivity index (χ3v) is 6.12. The first kappa shape index (κ1) is 18.0. The summed E-state index contributed by atoms with van der Waals surface area (Å²) >= 11 is 3.05. The minimum absolute atomic E-state index is 0.340. The molecule has 0 aliphatic rings. The van der Waals surface area contributed by atoms with E-state index in [2.05, 4.69) is 27.6 Å². The molecule has 0 saturated carbocycles. The van der Waals surface area contributed by atoms with E-state index in [1.54, 1.807) is 24.9 Å². The molecule has 0 saturated heterocycles. The monoisotopic (exact) mass is 399 g/mol. The van der Waals surface area contributed by atoms with Crippen LogP contribution in [0.15, 0.2) is 56.0 Å². The maximum atomic E-state index is 12.0. The Morgan fingerprint density at radius 1 is 1.22 bits per heavy atom. The van der Waals surface area contributed by atoms with Gasteiger partial charge >= 0.3 is 5.63 Å². The van der Waals surface area contributed by atoms with E-state index in [0.717, 1.165) is 31.2 Å². The lowest BCUT2D eigenvalue weighted by atomic mass is 10.0. The summed E-state index contributed by atoms with van der Waals surface area (Å²) in [7, 11) is 1.66. The molecule has 1 N–H and O–H groups in total. The van der Waals surface area contributed by atoms with Crippen LogP contribution >= 0.6 is 23.1 Å². The number of fused-ring (bicyclic) bond motifs is 3. The average molecular weight is 399 g/mol. The molecule has 4 aromatic rings. The molecular weight excluding hydrogens is 382 g/mol. The molecule has 2 aromatic heterocycles. The second kappa shape index (κ2) is 8.08. The lowest BCUT2D eigenvalue weighted by Gasteiger charge is -2.07. The van der Waals surface area contributed by atoms with Crippen LogP contribution in [0.5, 0.6) is 0 Å². The Kier molecular flexibility index (Phi) is 5.38. The summed E-state index contributed by atoms with van der Waals surface area (Å²) in [6.07, 6.45) is 0. The Morgan fingerprint density at radius 3 is 3.00 bits per heavy atom. The van der Waals surface area contributed by atoms with Gasteiger partial charge in [0.1, 0.15) is 5.58 Å². The predicted octanol–water partition coefficient (Wildman–Crippen LogP) is 4.15. The molecule has 27 heavy (non-hydrogen) atoms. The summed E-state index contributed by atoms with van der Waals surface area (Å²) in [5.74, 6) is 0.614. The molecule has 0 spiro atoms. The molecule has 4 rings (SSSR count). The second-order valence-electron chi connectivity index (χ2n) is 5.83. The summed E-state index contributed by atoms with van der Waals surface area (Å²) in [5, 5.41) is 15.4. The van der Waals surface area contributed by atoms with E-state index < -0.39 is 0 Å². The Labute approximate surface area is 163 Å². The Bertz CT molecular complexity index is 1140. The Morgan fingerprint density at radius 2 is 2.11 bits per heavy atom. The first-order chi connectivity index (χ1) is 13.2. The predicted molar refractivity (Wildman–Crippen MR) is 110 cm³/mol. The quantitative estimate of drug-likeness (QED) is 0.216. The van der Waals surface area contributed by atoms with Crippen molar-refractivity contribution in [3.05, 3.63) is 58.4 Å². The van der Waals surface area contributed by atoms with Gasteiger partial charge in [-0.1, -0.05) is 53.4 Å². The number of methoxy groups -OCH3 is 1. The van der Waals surface area contributed by atoms with E-state index in [9.17, 15) is 4.79 Å². The van der Waals surface area contributed by atoms with E-state index in [0.29, 0.717) is 24.5 Å². The van der Waals surface area contributed by atoms with Gasteiger partial charge in [0.05, 0.1) is 6.61 Å². The number of thioether (sulfide) groups is 1. The minimum Gasteiger partial charge on any atom is -0.423 e. The zero-order valence-corrected chi connectivity index (χ0v) is 16.2. The molecule has 6 nitrogen and oxygen atoms in total. The van der Waals surface area contributed by atoms with Gasteiger partial charge in [-0.05, 0) is 22.4 Å². The van der Waals surface area contributed by atoms with Crippen molar-refractivity contribution in [2.45, 2.75) is 10.1 Å². The zero-order valence-electron chi connectivity index (χ0n) is 14.6. The summed E-state index contributed by atoms with van der Waals surface area (Å²) < 4.78 is 11.3. The smallest absolute Gasteiger partial charge is 0.336 e. The third kappa shape index (κ3) is 3.97. The molecule has 0 aliphatic carbocycles. The highest BCUT2D eigenvalue weighted by Gasteiger charge is 2.12. The van der Waals surface area contributed by atoms with Crippen LogP contribution in [0.2, 0.25) is 0 Å². The molecule has 138 valence electrons. The number of hydrogen-bond acceptors (Lipinski definition) is 8. The zero-order chi connectivity index (χ0) is 18.6. The van der Waals surface area contributed by atoms with Crippen molar-refractivity contribution >= 4 is 50.0 Å². The summed E-state index contributed by atoms with van der Waals surface area (Å²) in [6, 6.07) is 13.5. The topological polar surface area (TPSA) is 77.2 Å². The lowest BCUT2D eigenvalue weighted by molar-refractivity contribution is 0.211. The number of ether oxygens (including phenoxy) is 1. The third-order valence-electron chi connectivity index (χ3n) is 4.05. The number of nitrogens with zero attached hydrogens (tertiary/aromatic N) is 2. The first-order valence-corrected chi connectivity index (χ1v) is 10.2. The fourth-order valence-electron chi connectivity index (χ4n) is 2.87. The van der Waals surface area contributed by atoms with Crippen LogP contribution < -0.4 is 10.9 Å². The van der Waals surface area contributed by atoms with Gasteiger partial charge in [-0.25, -0.2) is 4.79 Å². The molecule has 0 bridgehead atoms. The first-order valence-electron chi connectivity index (χ1n) is 8.38. The number of benzene rings is 2. The highest BCUT2D eigenvalue weighted by atomic mass is 32.2. The van der Waals surface area contributed by atoms with Crippen molar-refractivity contribution in [1.29, 1.82) is 0 Å². The van der Waals surface area contributed by atoms with E-state index >= 15 is 0 Å². The van der Waals surface area contributed by atoms with Crippen LogP contribution in [-0.4, -0.2) is 30.5 Å². The van der Waals surface area contributed by atoms with E-state index in [4.69, 9.17) is 9.15 Å². The normalized spacial score (nSPS) is 11.3. The van der Waals surface area contributed by atoms with Crippen LogP contribution in [-0.2, 0) is 10.5 Å². The van der Waals surface area contributed by atoms with Crippen molar-refractivity contribution in [3.63, 3.8) is 0 Å². The van der Waals surface area contributed by atoms with E-state index in [-0.39, 0.29) is 5.63 Å². The van der Waals surface area contributed by atoms with Gasteiger partial charge < -0.3 is 14.5 Å². The highest BCUT2D eigenvalue weighted by molar-refractivity contribution is 8.00. The Balaban J connectivity index is 1.62. The standard InChI is InChI=1S/C19H17N3O3S2/c1-24-9-8-20-18-21-22-19(27-18)26-11-13-10-16(23)25-15-7-6-12-4-2-3-5-14(12)17(13)15/h2-7,10H,8-9,11H2,1H3,(H,20,21). The van der Waals surface area contributed by atoms with E-state index in [1.165, 1.54) is 11.3 Å². The van der Waals surface area contributed by atoms with Gasteiger partial charge in [0.25, 0.3) is 0 Å². The van der Waals surface area contributed by atoms with Gasteiger partial charge in [0.2, 0.25) is 5.13 Å². The van der Waals surface area contributed by atoms with Crippen LogP contribution in [0.3, 0.4) is 0 Å². The second-order valence-corrected chi connectivity index (χ2v) is 8.03. The maximum absolute atomic E-state index is 12.0. The fraction of sp³-hybridized carbons (Fsp3) is 0.211. The number of aromatic nitrogens is 2. The molecule has 8 heteroatoms. The molecule has 0 aliphatic heterocycles. The Hall–Kier alpha value is -2.42. The SMILES string of the molecule is COCCNc1nnc(SCc2cc(=O)oc3ccc4ccccc4c23)s1. The molecule has 0 radical (unpaired) electrons. The number of hydrogen-bond donors (Lipinski definition) is 1. The molecule has 0 fully saturated rings. The van der Waals surface area contributed by atoms with Crippen molar-refractivity contribution in [1.82, 2.24) is 10.2 Å². The lowest BCUT2D eigenvalue weighted by Crippen LogP contribution is -2.06. The van der Waals surface area contributed by atoms with Gasteiger partial charge in [-0.3, -0.25) is 0 Å². The maximum Gasteiger partial charge on any atom is 0.336 e. The number of nitrogens with one attached hydrogen (secondary N) is 1. The van der Waals surface area contributed by atoms with Crippen molar-refractivity contribution < 1.29 is 9.15 Å². The van der Waals surface area contributed by atoms with Crippen LogP contribution in [0.1, 0.15) is 5.56 Å². The largest absolute Gasteiger partial charge is 0.423 e. The number of anilines is 1. The molecule has 0 atom stereocenters. The molecular formula is C19H17N3O3S2. The molecule has 0 amide bonds. The van der Waals surface area contributed by atoms with Crippen LogP contribution in [0, 0.1) is 0 Å². The minimum atomic E-state index is -0.340. The molecule has 2 aromatic carbocycles. The van der Waals surface area contributed by atoms with Gasteiger partial charge in [0.15, 0.2) is 4.34 Å².